The third-order valence-electron chi connectivity index (χ3n) is 5.46. The Balaban J connectivity index is 1.97. The van der Waals surface area contributed by atoms with Crippen molar-refractivity contribution < 1.29 is 4.74 Å². The van der Waals surface area contributed by atoms with Gasteiger partial charge in [0.1, 0.15) is 5.75 Å². The van der Waals surface area contributed by atoms with Crippen LogP contribution in [-0.2, 0) is 5.41 Å². The van der Waals surface area contributed by atoms with Gasteiger partial charge in [-0.1, -0.05) is 62.7 Å². The van der Waals surface area contributed by atoms with E-state index < -0.39 is 0 Å². The quantitative estimate of drug-likeness (QED) is 0.740. The Kier molecular flexibility index (Phi) is 3.76. The first-order valence-corrected chi connectivity index (χ1v) is 8.19. The molecule has 1 saturated carbocycles. The summed E-state index contributed by atoms with van der Waals surface area (Å²) < 4.78 is 5.30. The number of ether oxygens (including phenoxy) is 1. The summed E-state index contributed by atoms with van der Waals surface area (Å²) >= 11 is 0. The molecule has 0 saturated heterocycles. The van der Waals surface area contributed by atoms with Gasteiger partial charge in [0.15, 0.2) is 0 Å². The summed E-state index contributed by atoms with van der Waals surface area (Å²) in [7, 11) is 1.72. The van der Waals surface area contributed by atoms with Crippen molar-refractivity contribution in [2.45, 2.75) is 39.0 Å². The van der Waals surface area contributed by atoms with Gasteiger partial charge in [0.2, 0.25) is 0 Å². The summed E-state index contributed by atoms with van der Waals surface area (Å²) in [5.41, 5.74) is 4.47. The van der Waals surface area contributed by atoms with E-state index in [0.29, 0.717) is 17.8 Å². The molecule has 2 aromatic rings. The number of hydrogen-bond acceptors (Lipinski definition) is 1. The van der Waals surface area contributed by atoms with E-state index in [2.05, 4.69) is 76.2 Å². The van der Waals surface area contributed by atoms with Crippen molar-refractivity contribution in [3.63, 3.8) is 0 Å². The van der Waals surface area contributed by atoms with Gasteiger partial charge in [0, 0.05) is 5.41 Å². The Morgan fingerprint density at radius 3 is 2.05 bits per heavy atom. The van der Waals surface area contributed by atoms with Gasteiger partial charge in [0.05, 0.1) is 7.11 Å². The Labute approximate surface area is 134 Å². The summed E-state index contributed by atoms with van der Waals surface area (Å²) in [6.07, 6.45) is 0. The van der Waals surface area contributed by atoms with Gasteiger partial charge in [0.25, 0.3) is 0 Å². The Hall–Kier alpha value is -1.76. The van der Waals surface area contributed by atoms with Gasteiger partial charge in [-0.2, -0.15) is 0 Å². The molecule has 1 heteroatoms. The van der Waals surface area contributed by atoms with Crippen molar-refractivity contribution in [2.75, 3.05) is 7.11 Å². The van der Waals surface area contributed by atoms with Gasteiger partial charge >= 0.3 is 0 Å². The number of rotatable bonds is 4. The standard InChI is InChI=1S/C21H26O/c1-14(2)19-20(16-8-6-15(3)7-9-16)21(19,4)17-10-12-18(22-5)13-11-17/h6-14,19-20H,1-5H3/t19-,20?,21?/m1/s1. The number of benzene rings is 2. The second-order valence-corrected chi connectivity index (χ2v) is 7.17. The lowest BCUT2D eigenvalue weighted by Crippen LogP contribution is -2.08. The van der Waals surface area contributed by atoms with Crippen LogP contribution in [0.2, 0.25) is 0 Å². The summed E-state index contributed by atoms with van der Waals surface area (Å²) in [5, 5.41) is 0. The maximum atomic E-state index is 5.30. The molecule has 0 aromatic heterocycles. The maximum absolute atomic E-state index is 5.30. The molecule has 0 heterocycles. The largest absolute Gasteiger partial charge is 0.497 e. The number of methoxy groups -OCH3 is 1. The molecule has 1 aliphatic carbocycles. The highest BCUT2D eigenvalue weighted by Crippen LogP contribution is 2.68. The first kappa shape index (κ1) is 15.1. The van der Waals surface area contributed by atoms with Gasteiger partial charge in [-0.15, -0.1) is 0 Å². The summed E-state index contributed by atoms with van der Waals surface area (Å²) in [5.74, 6) is 2.92. The van der Waals surface area contributed by atoms with Crippen LogP contribution in [0.3, 0.4) is 0 Å². The van der Waals surface area contributed by atoms with Crippen LogP contribution in [0.5, 0.6) is 5.75 Å². The van der Waals surface area contributed by atoms with Crippen LogP contribution in [0, 0.1) is 18.8 Å². The molecule has 0 radical (unpaired) electrons. The van der Waals surface area contributed by atoms with E-state index in [9.17, 15) is 0 Å². The molecule has 0 aliphatic heterocycles. The van der Waals surface area contributed by atoms with E-state index in [4.69, 9.17) is 4.74 Å². The highest BCUT2D eigenvalue weighted by molar-refractivity contribution is 5.47. The molecule has 0 bridgehead atoms. The molecule has 0 amide bonds. The molecule has 1 nitrogen and oxygen atoms in total. The van der Waals surface area contributed by atoms with Crippen molar-refractivity contribution in [3.05, 3.63) is 65.2 Å². The van der Waals surface area contributed by atoms with Gasteiger partial charge in [-0.05, 0) is 47.9 Å². The predicted molar refractivity (Wildman–Crippen MR) is 92.6 cm³/mol. The van der Waals surface area contributed by atoms with Crippen LogP contribution in [0.25, 0.3) is 0 Å². The average molecular weight is 294 g/mol. The third-order valence-corrected chi connectivity index (χ3v) is 5.46. The second kappa shape index (κ2) is 5.46. The molecule has 22 heavy (non-hydrogen) atoms. The molecule has 3 rings (SSSR count). The monoisotopic (exact) mass is 294 g/mol. The van der Waals surface area contributed by atoms with Crippen molar-refractivity contribution in [1.29, 1.82) is 0 Å². The zero-order chi connectivity index (χ0) is 15.9. The van der Waals surface area contributed by atoms with E-state index in [0.717, 1.165) is 5.75 Å². The lowest BCUT2D eigenvalue weighted by atomic mass is 9.90. The Morgan fingerprint density at radius 2 is 1.55 bits per heavy atom. The predicted octanol–water partition coefficient (Wildman–Crippen LogP) is 5.33. The highest BCUT2D eigenvalue weighted by atomic mass is 16.5. The second-order valence-electron chi connectivity index (χ2n) is 7.17. The van der Waals surface area contributed by atoms with Crippen LogP contribution in [0.1, 0.15) is 43.4 Å². The minimum Gasteiger partial charge on any atom is -0.497 e. The summed E-state index contributed by atoms with van der Waals surface area (Å²) in [6.45, 7) is 9.27. The zero-order valence-corrected chi connectivity index (χ0v) is 14.3. The molecule has 116 valence electrons. The molecule has 0 spiro atoms. The third kappa shape index (κ3) is 2.33. The first-order chi connectivity index (χ1) is 10.5. The van der Waals surface area contributed by atoms with E-state index in [1.54, 1.807) is 7.11 Å². The molecule has 2 aromatic carbocycles. The smallest absolute Gasteiger partial charge is 0.118 e. The van der Waals surface area contributed by atoms with Crippen molar-refractivity contribution in [3.8, 4) is 5.75 Å². The van der Waals surface area contributed by atoms with Crippen molar-refractivity contribution in [2.24, 2.45) is 11.8 Å². The van der Waals surface area contributed by atoms with Gasteiger partial charge in [-0.3, -0.25) is 0 Å². The Bertz CT molecular complexity index is 639. The van der Waals surface area contributed by atoms with Gasteiger partial charge < -0.3 is 4.74 Å². The SMILES string of the molecule is COc1ccc(C2(C)C(c3ccc(C)cc3)[C@H]2C(C)C)cc1. The first-order valence-electron chi connectivity index (χ1n) is 8.19. The minimum absolute atomic E-state index is 0.232. The minimum atomic E-state index is 0.232. The normalized spacial score (nSPS) is 27.0. The number of hydrogen-bond donors (Lipinski definition) is 0. The summed E-state index contributed by atoms with van der Waals surface area (Å²) in [4.78, 5) is 0. The van der Waals surface area contributed by atoms with Crippen LogP contribution in [0.15, 0.2) is 48.5 Å². The van der Waals surface area contributed by atoms with Gasteiger partial charge in [-0.25, -0.2) is 0 Å². The van der Waals surface area contributed by atoms with E-state index >= 15 is 0 Å². The molecule has 0 N–H and O–H groups in total. The molecule has 2 unspecified atom stereocenters. The van der Waals surface area contributed by atoms with E-state index in [1.165, 1.54) is 16.7 Å². The van der Waals surface area contributed by atoms with Crippen LogP contribution < -0.4 is 4.74 Å². The lowest BCUT2D eigenvalue weighted by molar-refractivity contribution is 0.414. The van der Waals surface area contributed by atoms with Crippen LogP contribution in [-0.4, -0.2) is 7.11 Å². The molecule has 1 fully saturated rings. The molecular formula is C21H26O. The Morgan fingerprint density at radius 1 is 0.955 bits per heavy atom. The summed E-state index contributed by atoms with van der Waals surface area (Å²) in [6, 6.07) is 17.7. The van der Waals surface area contributed by atoms with E-state index in [-0.39, 0.29) is 5.41 Å². The lowest BCUT2D eigenvalue weighted by Gasteiger charge is -2.15. The fourth-order valence-electron chi connectivity index (χ4n) is 4.27. The number of aryl methyl sites for hydroxylation is 1. The maximum Gasteiger partial charge on any atom is 0.118 e. The highest BCUT2D eigenvalue weighted by Gasteiger charge is 2.63. The molecule has 1 aliphatic rings. The van der Waals surface area contributed by atoms with Crippen LogP contribution in [0.4, 0.5) is 0 Å². The van der Waals surface area contributed by atoms with Crippen LogP contribution >= 0.6 is 0 Å². The average Bonchev–Trinajstić information content (AvgIpc) is 3.16. The zero-order valence-electron chi connectivity index (χ0n) is 14.3. The van der Waals surface area contributed by atoms with E-state index in [1.807, 2.05) is 0 Å². The molecular weight excluding hydrogens is 268 g/mol. The topological polar surface area (TPSA) is 9.23 Å². The van der Waals surface area contributed by atoms with Crippen molar-refractivity contribution in [1.82, 2.24) is 0 Å². The fourth-order valence-corrected chi connectivity index (χ4v) is 4.27. The molecule has 3 atom stereocenters. The van der Waals surface area contributed by atoms with Crippen molar-refractivity contribution >= 4 is 0 Å². The fraction of sp³-hybridized carbons (Fsp3) is 0.429.